The van der Waals surface area contributed by atoms with Crippen molar-refractivity contribution in [3.05, 3.63) is 5.89 Å². The molecule has 0 bridgehead atoms. The van der Waals surface area contributed by atoms with Crippen molar-refractivity contribution in [2.24, 2.45) is 0 Å². The molecule has 0 saturated heterocycles. The van der Waals surface area contributed by atoms with Crippen LogP contribution in [-0.4, -0.2) is 23.8 Å². The summed E-state index contributed by atoms with van der Waals surface area (Å²) in [5.41, 5.74) is 0. The van der Waals surface area contributed by atoms with Gasteiger partial charge in [-0.25, -0.2) is 0 Å². The van der Waals surface area contributed by atoms with Crippen LogP contribution < -0.4 is 4.90 Å². The van der Waals surface area contributed by atoms with Crippen molar-refractivity contribution in [3.63, 3.8) is 0 Å². The number of halogens is 1. The second-order valence-electron chi connectivity index (χ2n) is 2.13. The highest BCUT2D eigenvalue weighted by Gasteiger charge is 2.06. The maximum Gasteiger partial charge on any atom is 0.317 e. The largest absolute Gasteiger partial charge is 0.407 e. The molecule has 0 spiro atoms. The Morgan fingerprint density at radius 3 is 2.73 bits per heavy atom. The van der Waals surface area contributed by atoms with Gasteiger partial charge in [0, 0.05) is 13.6 Å². The second kappa shape index (κ2) is 3.57. The monoisotopic (exact) mass is 175 g/mol. The van der Waals surface area contributed by atoms with Crippen LogP contribution in [0.3, 0.4) is 0 Å². The van der Waals surface area contributed by atoms with Gasteiger partial charge in [-0.05, 0) is 6.92 Å². The van der Waals surface area contributed by atoms with Gasteiger partial charge in [0.2, 0.25) is 5.89 Å². The van der Waals surface area contributed by atoms with E-state index < -0.39 is 0 Å². The fourth-order valence-electron chi connectivity index (χ4n) is 0.588. The Morgan fingerprint density at radius 1 is 1.55 bits per heavy atom. The van der Waals surface area contributed by atoms with E-state index in [1.54, 1.807) is 0 Å². The minimum Gasteiger partial charge on any atom is -0.407 e. The molecular weight excluding hydrogens is 166 g/mol. The highest BCUT2D eigenvalue weighted by atomic mass is 35.5. The predicted octanol–water partition coefficient (Wildman–Crippen LogP) is 1.26. The van der Waals surface area contributed by atoms with E-state index in [1.807, 2.05) is 18.9 Å². The summed E-state index contributed by atoms with van der Waals surface area (Å²) in [5.74, 6) is 0.729. The smallest absolute Gasteiger partial charge is 0.317 e. The molecular formula is C6H10ClN3O. The molecule has 0 radical (unpaired) electrons. The van der Waals surface area contributed by atoms with Crippen LogP contribution in [0.15, 0.2) is 4.42 Å². The first-order valence-corrected chi connectivity index (χ1v) is 3.90. The van der Waals surface area contributed by atoms with Crippen molar-refractivity contribution in [1.82, 2.24) is 10.2 Å². The van der Waals surface area contributed by atoms with Crippen LogP contribution in [0, 0.1) is 0 Å². The Labute approximate surface area is 70.2 Å². The minimum atomic E-state index is 0.268. The van der Waals surface area contributed by atoms with Gasteiger partial charge in [0.1, 0.15) is 5.88 Å². The number of anilines is 1. The zero-order chi connectivity index (χ0) is 8.27. The molecule has 0 aliphatic heterocycles. The van der Waals surface area contributed by atoms with Gasteiger partial charge in [-0.15, -0.1) is 16.7 Å². The molecule has 62 valence electrons. The van der Waals surface area contributed by atoms with Gasteiger partial charge in [-0.3, -0.25) is 0 Å². The number of hydrogen-bond acceptors (Lipinski definition) is 4. The number of nitrogens with zero attached hydrogens (tertiary/aromatic N) is 3. The molecule has 1 rings (SSSR count). The average molecular weight is 176 g/mol. The highest BCUT2D eigenvalue weighted by molar-refractivity contribution is 6.16. The third-order valence-corrected chi connectivity index (χ3v) is 1.60. The molecule has 0 aromatic carbocycles. The maximum absolute atomic E-state index is 5.47. The van der Waals surface area contributed by atoms with Gasteiger partial charge in [0.25, 0.3) is 0 Å². The third kappa shape index (κ3) is 1.83. The van der Waals surface area contributed by atoms with Crippen molar-refractivity contribution in [3.8, 4) is 0 Å². The summed E-state index contributed by atoms with van der Waals surface area (Å²) in [6.07, 6.45) is 0. The first-order valence-electron chi connectivity index (χ1n) is 3.37. The van der Waals surface area contributed by atoms with E-state index >= 15 is 0 Å². The van der Waals surface area contributed by atoms with E-state index in [1.165, 1.54) is 0 Å². The normalized spacial score (nSPS) is 10.1. The van der Waals surface area contributed by atoms with E-state index in [2.05, 4.69) is 10.2 Å². The molecule has 0 atom stereocenters. The number of hydrogen-bond donors (Lipinski definition) is 0. The quantitative estimate of drug-likeness (QED) is 0.649. The Kier molecular flexibility index (Phi) is 2.70. The lowest BCUT2D eigenvalue weighted by molar-refractivity contribution is 0.509. The summed E-state index contributed by atoms with van der Waals surface area (Å²) < 4.78 is 5.16. The summed E-state index contributed by atoms with van der Waals surface area (Å²) in [6, 6.07) is 0.517. The zero-order valence-electron chi connectivity index (χ0n) is 6.54. The van der Waals surface area contributed by atoms with Gasteiger partial charge in [0.05, 0.1) is 0 Å². The summed E-state index contributed by atoms with van der Waals surface area (Å²) in [7, 11) is 1.88. The Bertz CT molecular complexity index is 225. The summed E-state index contributed by atoms with van der Waals surface area (Å²) in [5, 5.41) is 7.50. The van der Waals surface area contributed by atoms with Gasteiger partial charge >= 0.3 is 6.01 Å². The van der Waals surface area contributed by atoms with Crippen LogP contribution in [0.5, 0.6) is 0 Å². The highest BCUT2D eigenvalue weighted by Crippen LogP contribution is 2.10. The van der Waals surface area contributed by atoms with E-state index in [0.29, 0.717) is 11.9 Å². The number of alkyl halides is 1. The lowest BCUT2D eigenvalue weighted by atomic mass is 10.7. The molecule has 1 aromatic heterocycles. The third-order valence-electron chi connectivity index (χ3n) is 1.37. The second-order valence-corrected chi connectivity index (χ2v) is 2.39. The fraction of sp³-hybridized carbons (Fsp3) is 0.667. The molecule has 11 heavy (non-hydrogen) atoms. The first-order chi connectivity index (χ1) is 5.27. The topological polar surface area (TPSA) is 42.2 Å². The minimum absolute atomic E-state index is 0.268. The van der Waals surface area contributed by atoms with Crippen LogP contribution in [0.4, 0.5) is 6.01 Å². The molecule has 0 aliphatic carbocycles. The van der Waals surface area contributed by atoms with Crippen molar-refractivity contribution >= 4 is 17.6 Å². The van der Waals surface area contributed by atoms with Crippen molar-refractivity contribution < 1.29 is 4.42 Å². The van der Waals surface area contributed by atoms with Crippen molar-refractivity contribution in [1.29, 1.82) is 0 Å². The molecule has 1 aromatic rings. The molecule has 5 heteroatoms. The summed E-state index contributed by atoms with van der Waals surface area (Å²) >= 11 is 5.47. The van der Waals surface area contributed by atoms with E-state index in [0.717, 1.165) is 6.54 Å². The van der Waals surface area contributed by atoms with Gasteiger partial charge in [-0.2, -0.15) is 0 Å². The Hall–Kier alpha value is -0.770. The summed E-state index contributed by atoms with van der Waals surface area (Å²) in [6.45, 7) is 2.84. The predicted molar refractivity (Wildman–Crippen MR) is 42.8 cm³/mol. The van der Waals surface area contributed by atoms with Gasteiger partial charge in [-0.1, -0.05) is 5.10 Å². The van der Waals surface area contributed by atoms with Crippen LogP contribution in [0.25, 0.3) is 0 Å². The van der Waals surface area contributed by atoms with Crippen LogP contribution in [-0.2, 0) is 5.88 Å². The van der Waals surface area contributed by atoms with Crippen molar-refractivity contribution in [2.45, 2.75) is 12.8 Å². The molecule has 4 nitrogen and oxygen atoms in total. The SMILES string of the molecule is CCN(C)c1nnc(CCl)o1. The lowest BCUT2D eigenvalue weighted by Crippen LogP contribution is -2.15. The molecule has 0 N–H and O–H groups in total. The maximum atomic E-state index is 5.47. The zero-order valence-corrected chi connectivity index (χ0v) is 7.30. The number of rotatable bonds is 3. The van der Waals surface area contributed by atoms with Crippen LogP contribution in [0.1, 0.15) is 12.8 Å². The molecule has 0 amide bonds. The fourth-order valence-corrected chi connectivity index (χ4v) is 0.696. The molecule has 0 fully saturated rings. The van der Waals surface area contributed by atoms with E-state index in [-0.39, 0.29) is 5.88 Å². The van der Waals surface area contributed by atoms with Gasteiger partial charge in [0.15, 0.2) is 0 Å². The first kappa shape index (κ1) is 8.33. The number of aromatic nitrogens is 2. The van der Waals surface area contributed by atoms with Crippen molar-refractivity contribution in [2.75, 3.05) is 18.5 Å². The molecule has 0 saturated carbocycles. The van der Waals surface area contributed by atoms with E-state index in [4.69, 9.17) is 16.0 Å². The Balaban J connectivity index is 2.71. The molecule has 0 aliphatic rings. The summed E-state index contributed by atoms with van der Waals surface area (Å²) in [4.78, 5) is 1.85. The van der Waals surface area contributed by atoms with Gasteiger partial charge < -0.3 is 9.32 Å². The lowest BCUT2D eigenvalue weighted by Gasteiger charge is -2.08. The molecule has 1 heterocycles. The molecule has 0 unspecified atom stereocenters. The Morgan fingerprint density at radius 2 is 2.27 bits per heavy atom. The average Bonchev–Trinajstić information content (AvgIpc) is 2.50. The van der Waals surface area contributed by atoms with Crippen LogP contribution in [0.2, 0.25) is 0 Å². The standard InChI is InChI=1S/C6H10ClN3O/c1-3-10(2)6-9-8-5(4-7)11-6/h3-4H2,1-2H3. The van der Waals surface area contributed by atoms with Crippen LogP contribution >= 0.6 is 11.6 Å². The van der Waals surface area contributed by atoms with E-state index in [9.17, 15) is 0 Å².